The van der Waals surface area contributed by atoms with Crippen LogP contribution in [-0.4, -0.2) is 47.8 Å². The van der Waals surface area contributed by atoms with E-state index in [4.69, 9.17) is 23.2 Å². The minimum Gasteiger partial charge on any atom is -0.506 e. The maximum Gasteiger partial charge on any atom is 0.138 e. The molecule has 3 rings (SSSR count). The van der Waals surface area contributed by atoms with Gasteiger partial charge in [-0.25, -0.2) is 0 Å². The number of anilines is 1. The Balaban J connectivity index is 1.49. The highest BCUT2D eigenvalue weighted by Gasteiger charge is 2.20. The van der Waals surface area contributed by atoms with E-state index in [2.05, 4.69) is 9.80 Å². The highest BCUT2D eigenvalue weighted by Crippen LogP contribution is 2.28. The van der Waals surface area contributed by atoms with Crippen LogP contribution in [0.3, 0.4) is 0 Å². The molecule has 1 aliphatic rings. The summed E-state index contributed by atoms with van der Waals surface area (Å²) in [5, 5.41) is 21.3. The van der Waals surface area contributed by atoms with Gasteiger partial charge in [0.05, 0.1) is 21.8 Å². The van der Waals surface area contributed by atoms with Gasteiger partial charge in [0.1, 0.15) is 5.75 Å². The van der Waals surface area contributed by atoms with Gasteiger partial charge in [0.25, 0.3) is 0 Å². The van der Waals surface area contributed by atoms with Gasteiger partial charge >= 0.3 is 0 Å². The molecule has 4 nitrogen and oxygen atoms in total. The number of rotatable bonds is 5. The third-order valence-corrected chi connectivity index (χ3v) is 5.38. The van der Waals surface area contributed by atoms with E-state index in [1.807, 2.05) is 24.3 Å². The summed E-state index contributed by atoms with van der Waals surface area (Å²) in [5.41, 5.74) is 1.68. The van der Waals surface area contributed by atoms with Crippen LogP contribution in [0.5, 0.6) is 5.75 Å². The Hall–Kier alpha value is -1.46. The molecule has 134 valence electrons. The predicted octanol–water partition coefficient (Wildman–Crippen LogP) is 3.94. The molecule has 0 saturated carbocycles. The third kappa shape index (κ3) is 4.59. The molecular weight excluding hydrogens is 359 g/mol. The van der Waals surface area contributed by atoms with E-state index < -0.39 is 6.10 Å². The van der Waals surface area contributed by atoms with Crippen LogP contribution < -0.4 is 4.90 Å². The number of aliphatic hydroxyl groups excluding tert-OH is 1. The lowest BCUT2D eigenvalue weighted by Gasteiger charge is -2.36. The summed E-state index contributed by atoms with van der Waals surface area (Å²) < 4.78 is 0. The molecule has 1 heterocycles. The Bertz CT molecular complexity index is 718. The number of aliphatic hydroxyl groups is 1. The van der Waals surface area contributed by atoms with Crippen LogP contribution in [0.15, 0.2) is 42.5 Å². The molecule has 6 heteroatoms. The molecule has 1 atom stereocenters. The lowest BCUT2D eigenvalue weighted by molar-refractivity contribution is 0.139. The van der Waals surface area contributed by atoms with Gasteiger partial charge in [0.15, 0.2) is 0 Å². The number of benzene rings is 2. The monoisotopic (exact) mass is 380 g/mol. The minimum absolute atomic E-state index is 0.325. The lowest BCUT2D eigenvalue weighted by atomic mass is 10.1. The zero-order valence-corrected chi connectivity index (χ0v) is 15.4. The average Bonchev–Trinajstić information content (AvgIpc) is 2.63. The fourth-order valence-electron chi connectivity index (χ4n) is 3.14. The zero-order valence-electron chi connectivity index (χ0n) is 13.9. The Kier molecular flexibility index (Phi) is 6.07. The molecule has 2 aromatic carbocycles. The second-order valence-corrected chi connectivity index (χ2v) is 7.11. The number of hydrogen-bond acceptors (Lipinski definition) is 4. The summed E-state index contributed by atoms with van der Waals surface area (Å²) in [7, 11) is 0. The summed E-state index contributed by atoms with van der Waals surface area (Å²) in [6.45, 7) is 4.35. The van der Waals surface area contributed by atoms with Gasteiger partial charge in [-0.2, -0.15) is 0 Å². The molecule has 1 aliphatic heterocycles. The van der Waals surface area contributed by atoms with Crippen molar-refractivity contribution in [3.05, 3.63) is 58.1 Å². The molecule has 0 amide bonds. The normalized spacial score (nSPS) is 16.8. The van der Waals surface area contributed by atoms with Crippen molar-refractivity contribution in [3.8, 4) is 5.75 Å². The number of para-hydroxylation sites is 2. The molecule has 0 aliphatic carbocycles. The van der Waals surface area contributed by atoms with E-state index in [1.165, 1.54) is 0 Å². The first kappa shape index (κ1) is 18.3. The molecule has 0 aromatic heterocycles. The average molecular weight is 381 g/mol. The number of phenolic OH excluding ortho intramolecular Hbond substituents is 1. The number of aromatic hydroxyl groups is 1. The summed E-state index contributed by atoms with van der Waals surface area (Å²) in [4.78, 5) is 4.53. The molecule has 0 spiro atoms. The predicted molar refractivity (Wildman–Crippen MR) is 103 cm³/mol. The van der Waals surface area contributed by atoms with Gasteiger partial charge in [0.2, 0.25) is 0 Å². The fourth-order valence-corrected chi connectivity index (χ4v) is 3.44. The second kappa shape index (κ2) is 8.28. The lowest BCUT2D eigenvalue weighted by Crippen LogP contribution is -2.46. The first-order valence-corrected chi connectivity index (χ1v) is 9.18. The van der Waals surface area contributed by atoms with Gasteiger partial charge < -0.3 is 15.1 Å². The maximum absolute atomic E-state index is 10.4. The fraction of sp³-hybridized carbons (Fsp3) is 0.368. The largest absolute Gasteiger partial charge is 0.506 e. The van der Waals surface area contributed by atoms with E-state index in [0.29, 0.717) is 22.2 Å². The van der Waals surface area contributed by atoms with Gasteiger partial charge in [-0.3, -0.25) is 4.90 Å². The van der Waals surface area contributed by atoms with E-state index in [9.17, 15) is 10.2 Å². The van der Waals surface area contributed by atoms with Crippen LogP contribution in [0.2, 0.25) is 10.0 Å². The van der Waals surface area contributed by atoms with E-state index in [1.54, 1.807) is 18.2 Å². The molecule has 0 radical (unpaired) electrons. The van der Waals surface area contributed by atoms with E-state index in [-0.39, 0.29) is 0 Å². The Morgan fingerprint density at radius 1 is 0.960 bits per heavy atom. The highest BCUT2D eigenvalue weighted by molar-refractivity contribution is 6.42. The van der Waals surface area contributed by atoms with Gasteiger partial charge in [-0.1, -0.05) is 41.4 Å². The quantitative estimate of drug-likeness (QED) is 0.824. The smallest absolute Gasteiger partial charge is 0.138 e. The molecule has 2 aromatic rings. The molecule has 0 bridgehead atoms. The first-order valence-electron chi connectivity index (χ1n) is 8.43. The van der Waals surface area contributed by atoms with Crippen molar-refractivity contribution in [1.82, 2.24) is 4.90 Å². The molecule has 2 N–H and O–H groups in total. The standard InChI is InChI=1S/C19H22Cl2N2O2/c20-15-6-5-14(13-16(15)21)18(24)7-8-22-9-11-23(12-10-22)17-3-1-2-4-19(17)25/h1-6,13,18,24-25H,7-12H2. The van der Waals surface area contributed by atoms with E-state index >= 15 is 0 Å². The minimum atomic E-state index is -0.550. The topological polar surface area (TPSA) is 46.9 Å². The van der Waals surface area contributed by atoms with Crippen molar-refractivity contribution >= 4 is 28.9 Å². The Morgan fingerprint density at radius 2 is 1.68 bits per heavy atom. The maximum atomic E-state index is 10.4. The summed E-state index contributed by atoms with van der Waals surface area (Å²) >= 11 is 11.9. The number of halogens is 2. The van der Waals surface area contributed by atoms with Crippen LogP contribution >= 0.6 is 23.2 Å². The van der Waals surface area contributed by atoms with Crippen molar-refractivity contribution in [1.29, 1.82) is 0 Å². The zero-order chi connectivity index (χ0) is 17.8. The van der Waals surface area contributed by atoms with Gasteiger partial charge in [-0.05, 0) is 36.2 Å². The van der Waals surface area contributed by atoms with Crippen molar-refractivity contribution in [2.24, 2.45) is 0 Å². The molecule has 1 fully saturated rings. The van der Waals surface area contributed by atoms with Crippen molar-refractivity contribution in [2.75, 3.05) is 37.6 Å². The summed E-state index contributed by atoms with van der Waals surface area (Å²) in [6.07, 6.45) is 0.0973. The van der Waals surface area contributed by atoms with Gasteiger partial charge in [-0.15, -0.1) is 0 Å². The van der Waals surface area contributed by atoms with Crippen LogP contribution in [0.25, 0.3) is 0 Å². The summed E-state index contributed by atoms with van der Waals surface area (Å²) in [6, 6.07) is 12.7. The summed E-state index contributed by atoms with van der Waals surface area (Å²) in [5.74, 6) is 0.325. The number of piperazine rings is 1. The van der Waals surface area contributed by atoms with Crippen molar-refractivity contribution in [3.63, 3.8) is 0 Å². The third-order valence-electron chi connectivity index (χ3n) is 4.64. The number of nitrogens with zero attached hydrogens (tertiary/aromatic N) is 2. The molecular formula is C19H22Cl2N2O2. The highest BCUT2D eigenvalue weighted by atomic mass is 35.5. The van der Waals surface area contributed by atoms with Crippen LogP contribution in [0.4, 0.5) is 5.69 Å². The van der Waals surface area contributed by atoms with Crippen LogP contribution in [-0.2, 0) is 0 Å². The second-order valence-electron chi connectivity index (χ2n) is 6.30. The number of phenols is 1. The molecule has 1 unspecified atom stereocenters. The molecule has 25 heavy (non-hydrogen) atoms. The Labute approximate surface area is 158 Å². The van der Waals surface area contributed by atoms with Crippen LogP contribution in [0, 0.1) is 0 Å². The van der Waals surface area contributed by atoms with Gasteiger partial charge in [0, 0.05) is 32.7 Å². The van der Waals surface area contributed by atoms with E-state index in [0.717, 1.165) is 44.0 Å². The Morgan fingerprint density at radius 3 is 2.36 bits per heavy atom. The first-order chi connectivity index (χ1) is 12.0. The number of hydrogen-bond donors (Lipinski definition) is 2. The van der Waals surface area contributed by atoms with Crippen molar-refractivity contribution in [2.45, 2.75) is 12.5 Å². The van der Waals surface area contributed by atoms with Crippen LogP contribution in [0.1, 0.15) is 18.1 Å². The molecule has 1 saturated heterocycles. The van der Waals surface area contributed by atoms with Crippen molar-refractivity contribution < 1.29 is 10.2 Å². The SMILES string of the molecule is Oc1ccccc1N1CCN(CCC(O)c2ccc(Cl)c(Cl)c2)CC1.